The lowest BCUT2D eigenvalue weighted by Gasteiger charge is -2.45. The van der Waals surface area contributed by atoms with Crippen molar-refractivity contribution in [3.05, 3.63) is 101 Å². The van der Waals surface area contributed by atoms with Gasteiger partial charge in [0.05, 0.1) is 10.6 Å². The average Bonchev–Trinajstić information content (AvgIpc) is 3.04. The summed E-state index contributed by atoms with van der Waals surface area (Å²) in [6, 6.07) is 21.1. The molecule has 1 spiro atoms. The Morgan fingerprint density at radius 2 is 1.69 bits per heavy atom. The molecule has 6 nitrogen and oxygen atoms in total. The summed E-state index contributed by atoms with van der Waals surface area (Å²) in [4.78, 5) is 13.8. The highest BCUT2D eigenvalue weighted by Gasteiger charge is 2.57. The van der Waals surface area contributed by atoms with E-state index >= 15 is 0 Å². The van der Waals surface area contributed by atoms with E-state index in [1.54, 1.807) is 60.7 Å². The van der Waals surface area contributed by atoms with Crippen molar-refractivity contribution in [3.8, 4) is 0 Å². The highest BCUT2D eigenvalue weighted by Crippen LogP contribution is 2.47. The molecule has 0 fully saturated rings. The Kier molecular flexibility index (Phi) is 4.72. The van der Waals surface area contributed by atoms with Crippen LogP contribution >= 0.6 is 0 Å². The SMILES string of the molecule is C[C@H]1CC(c2ccc(F)cc2)=NN(C(=O)c2ccccc2)[C@@]12NS(=O)(=O)c1ccccc12. The van der Waals surface area contributed by atoms with Crippen LogP contribution < -0.4 is 4.72 Å². The van der Waals surface area contributed by atoms with Crippen molar-refractivity contribution in [1.82, 2.24) is 9.73 Å². The second-order valence-corrected chi connectivity index (χ2v) is 9.66. The van der Waals surface area contributed by atoms with E-state index in [0.717, 1.165) is 0 Å². The zero-order valence-corrected chi connectivity index (χ0v) is 18.0. The van der Waals surface area contributed by atoms with E-state index in [1.807, 2.05) is 6.92 Å². The van der Waals surface area contributed by atoms with Crippen LogP contribution in [0.2, 0.25) is 0 Å². The maximum Gasteiger partial charge on any atom is 0.276 e. The molecule has 0 saturated heterocycles. The van der Waals surface area contributed by atoms with E-state index in [4.69, 9.17) is 0 Å². The molecule has 0 saturated carbocycles. The van der Waals surface area contributed by atoms with Crippen molar-refractivity contribution in [2.24, 2.45) is 11.0 Å². The van der Waals surface area contributed by atoms with Gasteiger partial charge in [0.1, 0.15) is 5.82 Å². The van der Waals surface area contributed by atoms with Gasteiger partial charge in [0.2, 0.25) is 10.0 Å². The monoisotopic (exact) mass is 449 g/mol. The van der Waals surface area contributed by atoms with Gasteiger partial charge in [-0.1, -0.05) is 55.5 Å². The number of nitrogens with zero attached hydrogens (tertiary/aromatic N) is 2. The first kappa shape index (κ1) is 20.5. The number of carbonyl (C=O) groups excluding carboxylic acids is 1. The van der Waals surface area contributed by atoms with Crippen LogP contribution in [0.5, 0.6) is 0 Å². The van der Waals surface area contributed by atoms with Crippen LogP contribution in [0.3, 0.4) is 0 Å². The van der Waals surface area contributed by atoms with Gasteiger partial charge in [0.25, 0.3) is 5.91 Å². The molecule has 8 heteroatoms. The zero-order chi connectivity index (χ0) is 22.5. The van der Waals surface area contributed by atoms with Gasteiger partial charge in [-0.25, -0.2) is 17.8 Å². The first-order valence-corrected chi connectivity index (χ1v) is 11.7. The number of sulfonamides is 1. The normalized spacial score (nSPS) is 23.6. The van der Waals surface area contributed by atoms with Gasteiger partial charge in [0.15, 0.2) is 5.66 Å². The Labute approximate surface area is 185 Å². The summed E-state index contributed by atoms with van der Waals surface area (Å²) in [7, 11) is -3.85. The number of hydrogen-bond acceptors (Lipinski definition) is 4. The topological polar surface area (TPSA) is 78.8 Å². The van der Waals surface area contributed by atoms with Crippen LogP contribution in [0, 0.1) is 11.7 Å². The zero-order valence-electron chi connectivity index (χ0n) is 17.2. The van der Waals surface area contributed by atoms with E-state index < -0.39 is 21.6 Å². The molecule has 3 aromatic carbocycles. The lowest BCUT2D eigenvalue weighted by Crippen LogP contribution is -2.60. The summed E-state index contributed by atoms with van der Waals surface area (Å²) >= 11 is 0. The third kappa shape index (κ3) is 3.06. The Hall–Kier alpha value is -3.36. The summed E-state index contributed by atoms with van der Waals surface area (Å²) in [6.45, 7) is 1.88. The molecular formula is C24H20FN3O3S. The molecule has 0 aromatic heterocycles. The molecule has 5 rings (SSSR count). The van der Waals surface area contributed by atoms with Gasteiger partial charge in [-0.3, -0.25) is 4.79 Å². The number of hydrogen-bond donors (Lipinski definition) is 1. The van der Waals surface area contributed by atoms with Crippen LogP contribution in [0.25, 0.3) is 0 Å². The number of fused-ring (bicyclic) bond motifs is 2. The lowest BCUT2D eigenvalue weighted by molar-refractivity contribution is 0.0168. The standard InChI is InChI=1S/C24H20FN3O3S/c1-16-15-21(17-11-13-19(25)14-12-17)26-28(23(29)18-7-3-2-4-8-18)24(16)20-9-5-6-10-22(20)32(30,31)27-24/h2-14,16,27H,15H2,1H3/t16-,24-/m0/s1. The van der Waals surface area contributed by atoms with Gasteiger partial charge in [-0.05, 0) is 42.3 Å². The molecule has 2 aliphatic rings. The number of benzene rings is 3. The van der Waals surface area contributed by atoms with Crippen molar-refractivity contribution in [3.63, 3.8) is 0 Å². The summed E-state index contributed by atoms with van der Waals surface area (Å²) in [5.74, 6) is -1.16. The largest absolute Gasteiger partial charge is 0.276 e. The van der Waals surface area contributed by atoms with E-state index in [2.05, 4.69) is 9.82 Å². The molecule has 0 bridgehead atoms. The van der Waals surface area contributed by atoms with E-state index in [0.29, 0.717) is 28.8 Å². The third-order valence-corrected chi connectivity index (χ3v) is 7.55. The van der Waals surface area contributed by atoms with Crippen molar-refractivity contribution >= 4 is 21.6 Å². The van der Waals surface area contributed by atoms with E-state index in [1.165, 1.54) is 23.2 Å². The summed E-state index contributed by atoms with van der Waals surface area (Å²) in [5.41, 5.74) is 0.751. The maximum atomic E-state index is 13.7. The van der Waals surface area contributed by atoms with Crippen molar-refractivity contribution in [1.29, 1.82) is 0 Å². The number of nitrogens with one attached hydrogen (secondary N) is 1. The average molecular weight is 450 g/mol. The van der Waals surface area contributed by atoms with Crippen molar-refractivity contribution in [2.75, 3.05) is 0 Å². The van der Waals surface area contributed by atoms with Gasteiger partial charge < -0.3 is 0 Å². The number of rotatable bonds is 2. The fraction of sp³-hybridized carbons (Fsp3) is 0.167. The van der Waals surface area contributed by atoms with Crippen LogP contribution in [0.4, 0.5) is 4.39 Å². The second-order valence-electron chi connectivity index (χ2n) is 8.01. The van der Waals surface area contributed by atoms with Crippen molar-refractivity contribution < 1.29 is 17.6 Å². The molecule has 162 valence electrons. The molecule has 3 aromatic rings. The highest BCUT2D eigenvalue weighted by molar-refractivity contribution is 7.89. The summed E-state index contributed by atoms with van der Waals surface area (Å²) in [6.07, 6.45) is 0.390. The van der Waals surface area contributed by atoms with Gasteiger partial charge in [-0.2, -0.15) is 9.82 Å². The van der Waals surface area contributed by atoms with Gasteiger partial charge in [0, 0.05) is 17.0 Å². The number of carbonyl (C=O) groups is 1. The van der Waals surface area contributed by atoms with Crippen LogP contribution in [-0.4, -0.2) is 25.0 Å². The molecule has 2 atom stereocenters. The van der Waals surface area contributed by atoms with Crippen LogP contribution in [0.1, 0.15) is 34.8 Å². The minimum absolute atomic E-state index is 0.137. The molecule has 1 amide bonds. The smallest absolute Gasteiger partial charge is 0.267 e. The van der Waals surface area contributed by atoms with Crippen LogP contribution in [0.15, 0.2) is 88.9 Å². The number of halogens is 1. The predicted molar refractivity (Wildman–Crippen MR) is 118 cm³/mol. The molecule has 2 heterocycles. The molecule has 32 heavy (non-hydrogen) atoms. The fourth-order valence-electron chi connectivity index (χ4n) is 4.47. The Bertz CT molecular complexity index is 1340. The minimum Gasteiger partial charge on any atom is -0.267 e. The molecule has 1 N–H and O–H groups in total. The van der Waals surface area contributed by atoms with E-state index in [-0.39, 0.29) is 16.6 Å². The molecule has 2 aliphatic heterocycles. The number of amides is 1. The fourth-order valence-corrected chi connectivity index (χ4v) is 6.16. The molecule has 0 unspecified atom stereocenters. The Morgan fingerprint density at radius 3 is 2.41 bits per heavy atom. The third-order valence-electron chi connectivity index (χ3n) is 6.04. The van der Waals surface area contributed by atoms with Gasteiger partial charge >= 0.3 is 0 Å². The highest BCUT2D eigenvalue weighted by atomic mass is 32.2. The van der Waals surface area contributed by atoms with E-state index in [9.17, 15) is 17.6 Å². The van der Waals surface area contributed by atoms with Crippen LogP contribution in [-0.2, 0) is 15.7 Å². The first-order valence-electron chi connectivity index (χ1n) is 10.2. The Morgan fingerprint density at radius 1 is 1.03 bits per heavy atom. The number of hydrazone groups is 1. The molecule has 0 radical (unpaired) electrons. The molecular weight excluding hydrogens is 429 g/mol. The summed E-state index contributed by atoms with van der Waals surface area (Å²) in [5, 5.41) is 5.91. The lowest BCUT2D eigenvalue weighted by atomic mass is 9.81. The minimum atomic E-state index is -3.85. The summed E-state index contributed by atoms with van der Waals surface area (Å²) < 4.78 is 42.3. The first-order chi connectivity index (χ1) is 15.3. The second kappa shape index (κ2) is 7.36. The maximum absolute atomic E-state index is 13.7. The Balaban J connectivity index is 1.74. The van der Waals surface area contributed by atoms with Gasteiger partial charge in [-0.15, -0.1) is 0 Å². The molecule has 0 aliphatic carbocycles. The quantitative estimate of drug-likeness (QED) is 0.645. The predicted octanol–water partition coefficient (Wildman–Crippen LogP) is 3.86. The van der Waals surface area contributed by atoms with Crippen molar-refractivity contribution in [2.45, 2.75) is 23.9 Å².